The Hall–Kier alpha value is -0.770. The Balaban J connectivity index is 2.10. The first kappa shape index (κ1) is 12.3. The molecular weight excluding hydrogens is 190 g/mol. The third kappa shape index (κ3) is 5.02. The van der Waals surface area contributed by atoms with Gasteiger partial charge in [-0.15, -0.1) is 0 Å². The molecule has 15 heavy (non-hydrogen) atoms. The summed E-state index contributed by atoms with van der Waals surface area (Å²) >= 11 is 0. The van der Waals surface area contributed by atoms with E-state index in [4.69, 9.17) is 5.73 Å². The van der Waals surface area contributed by atoms with E-state index < -0.39 is 0 Å². The average molecular weight is 213 g/mol. The van der Waals surface area contributed by atoms with Crippen molar-refractivity contribution in [1.29, 1.82) is 0 Å². The van der Waals surface area contributed by atoms with Gasteiger partial charge in [0.2, 0.25) is 0 Å². The fraction of sp³-hybridized carbons (Fsp3) is 0.909. The number of amides is 2. The Bertz CT molecular complexity index is 188. The molecule has 1 heterocycles. The Morgan fingerprint density at radius 1 is 1.47 bits per heavy atom. The molecular formula is C11H23N3O. The average Bonchev–Trinajstić information content (AvgIpc) is 2.46. The SMILES string of the molecule is CN(CCCC1CCCCCN1)C(N)=O. The van der Waals surface area contributed by atoms with Crippen molar-refractivity contribution in [3.63, 3.8) is 0 Å². The van der Waals surface area contributed by atoms with E-state index >= 15 is 0 Å². The van der Waals surface area contributed by atoms with E-state index in [0.29, 0.717) is 6.04 Å². The first-order chi connectivity index (χ1) is 7.20. The number of urea groups is 1. The summed E-state index contributed by atoms with van der Waals surface area (Å²) in [5, 5.41) is 3.55. The fourth-order valence-corrected chi connectivity index (χ4v) is 2.03. The predicted octanol–water partition coefficient (Wildman–Crippen LogP) is 1.31. The molecule has 1 aliphatic heterocycles. The van der Waals surface area contributed by atoms with Gasteiger partial charge in [-0.1, -0.05) is 12.8 Å². The standard InChI is InChI=1S/C11H23N3O/c1-14(11(12)15)9-5-7-10-6-3-2-4-8-13-10/h10,13H,2-9H2,1H3,(H2,12,15). The number of carbonyl (C=O) groups excluding carboxylic acids is 1. The maximum atomic E-state index is 10.8. The second-order valence-electron chi connectivity index (χ2n) is 4.40. The predicted molar refractivity (Wildman–Crippen MR) is 61.7 cm³/mol. The van der Waals surface area contributed by atoms with E-state index in [2.05, 4.69) is 5.32 Å². The van der Waals surface area contributed by atoms with Gasteiger partial charge in [-0.05, 0) is 32.2 Å². The van der Waals surface area contributed by atoms with Gasteiger partial charge in [0.15, 0.2) is 0 Å². The molecule has 4 nitrogen and oxygen atoms in total. The molecule has 1 saturated heterocycles. The number of primary amides is 1. The molecule has 0 bridgehead atoms. The second kappa shape index (κ2) is 6.67. The number of nitrogens with one attached hydrogen (secondary N) is 1. The van der Waals surface area contributed by atoms with Gasteiger partial charge in [0.1, 0.15) is 0 Å². The van der Waals surface area contributed by atoms with E-state index in [9.17, 15) is 4.79 Å². The molecule has 88 valence electrons. The fourth-order valence-electron chi connectivity index (χ4n) is 2.03. The van der Waals surface area contributed by atoms with Crippen molar-refractivity contribution in [1.82, 2.24) is 10.2 Å². The number of nitrogens with two attached hydrogens (primary N) is 1. The summed E-state index contributed by atoms with van der Waals surface area (Å²) in [5.41, 5.74) is 5.15. The van der Waals surface area contributed by atoms with Crippen molar-refractivity contribution in [3.05, 3.63) is 0 Å². The van der Waals surface area contributed by atoms with Gasteiger partial charge in [0.05, 0.1) is 0 Å². The molecule has 1 atom stereocenters. The maximum absolute atomic E-state index is 10.8. The highest BCUT2D eigenvalue weighted by atomic mass is 16.2. The van der Waals surface area contributed by atoms with Crippen LogP contribution in [-0.2, 0) is 0 Å². The highest BCUT2D eigenvalue weighted by Gasteiger charge is 2.11. The summed E-state index contributed by atoms with van der Waals surface area (Å²) in [4.78, 5) is 12.3. The normalized spacial score (nSPS) is 22.1. The Morgan fingerprint density at radius 3 is 3.00 bits per heavy atom. The largest absolute Gasteiger partial charge is 0.351 e. The lowest BCUT2D eigenvalue weighted by Gasteiger charge is -2.18. The van der Waals surface area contributed by atoms with Crippen LogP contribution in [0.2, 0.25) is 0 Å². The summed E-state index contributed by atoms with van der Waals surface area (Å²) < 4.78 is 0. The van der Waals surface area contributed by atoms with Crippen LogP contribution in [0.3, 0.4) is 0 Å². The zero-order valence-corrected chi connectivity index (χ0v) is 9.67. The number of hydrogen-bond acceptors (Lipinski definition) is 2. The molecule has 0 aromatic carbocycles. The van der Waals surface area contributed by atoms with Gasteiger partial charge in [-0.2, -0.15) is 0 Å². The Morgan fingerprint density at radius 2 is 2.27 bits per heavy atom. The Kier molecular flexibility index (Phi) is 5.47. The molecule has 0 aliphatic carbocycles. The zero-order chi connectivity index (χ0) is 11.1. The zero-order valence-electron chi connectivity index (χ0n) is 9.67. The van der Waals surface area contributed by atoms with Crippen molar-refractivity contribution in [2.75, 3.05) is 20.1 Å². The quantitative estimate of drug-likeness (QED) is 0.739. The third-order valence-electron chi connectivity index (χ3n) is 3.08. The molecule has 1 unspecified atom stereocenters. The van der Waals surface area contributed by atoms with Crippen molar-refractivity contribution >= 4 is 6.03 Å². The van der Waals surface area contributed by atoms with E-state index in [-0.39, 0.29) is 6.03 Å². The molecule has 3 N–H and O–H groups in total. The number of carbonyl (C=O) groups is 1. The van der Waals surface area contributed by atoms with Crippen LogP contribution in [0.1, 0.15) is 38.5 Å². The summed E-state index contributed by atoms with van der Waals surface area (Å²) in [5.74, 6) is 0. The molecule has 1 fully saturated rings. The van der Waals surface area contributed by atoms with Gasteiger partial charge >= 0.3 is 6.03 Å². The molecule has 2 amide bonds. The minimum absolute atomic E-state index is 0.330. The van der Waals surface area contributed by atoms with Crippen LogP contribution < -0.4 is 11.1 Å². The summed E-state index contributed by atoms with van der Waals surface area (Å²) in [6.07, 6.45) is 7.46. The van der Waals surface area contributed by atoms with Crippen LogP contribution in [0.25, 0.3) is 0 Å². The van der Waals surface area contributed by atoms with Crippen LogP contribution >= 0.6 is 0 Å². The molecule has 0 aromatic rings. The van der Waals surface area contributed by atoms with Crippen molar-refractivity contribution < 1.29 is 4.79 Å². The minimum atomic E-state index is -0.330. The van der Waals surface area contributed by atoms with Crippen LogP contribution in [0, 0.1) is 0 Å². The third-order valence-corrected chi connectivity index (χ3v) is 3.08. The molecule has 4 heteroatoms. The van der Waals surface area contributed by atoms with E-state index in [1.807, 2.05) is 0 Å². The monoisotopic (exact) mass is 213 g/mol. The summed E-state index contributed by atoms with van der Waals surface area (Å²) in [6.45, 7) is 1.92. The molecule has 0 radical (unpaired) electrons. The second-order valence-corrected chi connectivity index (χ2v) is 4.40. The number of hydrogen-bond donors (Lipinski definition) is 2. The number of rotatable bonds is 4. The smallest absolute Gasteiger partial charge is 0.314 e. The van der Waals surface area contributed by atoms with Gasteiger partial charge in [0.25, 0.3) is 0 Å². The molecule has 0 saturated carbocycles. The lowest BCUT2D eigenvalue weighted by Crippen LogP contribution is -2.34. The van der Waals surface area contributed by atoms with Crippen LogP contribution in [0.4, 0.5) is 4.79 Å². The minimum Gasteiger partial charge on any atom is -0.351 e. The van der Waals surface area contributed by atoms with Gasteiger partial charge < -0.3 is 16.0 Å². The van der Waals surface area contributed by atoms with Gasteiger partial charge in [-0.3, -0.25) is 0 Å². The van der Waals surface area contributed by atoms with Crippen LogP contribution in [0.15, 0.2) is 0 Å². The van der Waals surface area contributed by atoms with E-state index in [1.54, 1.807) is 11.9 Å². The molecule has 0 aromatic heterocycles. The molecule has 0 spiro atoms. The molecule has 1 aliphatic rings. The first-order valence-electron chi connectivity index (χ1n) is 5.94. The summed E-state index contributed by atoms with van der Waals surface area (Å²) in [7, 11) is 1.75. The summed E-state index contributed by atoms with van der Waals surface area (Å²) in [6, 6.07) is 0.317. The highest BCUT2D eigenvalue weighted by Crippen LogP contribution is 2.12. The lowest BCUT2D eigenvalue weighted by atomic mass is 10.1. The topological polar surface area (TPSA) is 58.4 Å². The van der Waals surface area contributed by atoms with Crippen molar-refractivity contribution in [3.8, 4) is 0 Å². The van der Waals surface area contributed by atoms with Crippen molar-refractivity contribution in [2.45, 2.75) is 44.6 Å². The maximum Gasteiger partial charge on any atom is 0.314 e. The van der Waals surface area contributed by atoms with Crippen molar-refractivity contribution in [2.24, 2.45) is 5.73 Å². The lowest BCUT2D eigenvalue weighted by molar-refractivity contribution is 0.217. The van der Waals surface area contributed by atoms with Crippen LogP contribution in [-0.4, -0.2) is 37.1 Å². The van der Waals surface area contributed by atoms with Gasteiger partial charge in [0, 0.05) is 19.6 Å². The Labute approximate surface area is 92.2 Å². The highest BCUT2D eigenvalue weighted by molar-refractivity contribution is 5.71. The van der Waals surface area contributed by atoms with E-state index in [0.717, 1.165) is 25.9 Å². The number of nitrogens with zero attached hydrogens (tertiary/aromatic N) is 1. The first-order valence-corrected chi connectivity index (χ1v) is 5.94. The van der Waals surface area contributed by atoms with E-state index in [1.165, 1.54) is 25.7 Å². The van der Waals surface area contributed by atoms with Gasteiger partial charge in [-0.25, -0.2) is 4.79 Å². The molecule has 1 rings (SSSR count). The van der Waals surface area contributed by atoms with Crippen LogP contribution in [0.5, 0.6) is 0 Å².